The Hall–Kier alpha value is -6.15. The predicted molar refractivity (Wildman–Crippen MR) is 214 cm³/mol. The van der Waals surface area contributed by atoms with Crippen molar-refractivity contribution in [3.05, 3.63) is 114 Å². The number of nitrogens with two attached hydrogens (primary N) is 2. The van der Waals surface area contributed by atoms with Crippen LogP contribution in [0.15, 0.2) is 91.0 Å². The van der Waals surface area contributed by atoms with E-state index < -0.39 is 47.8 Å². The van der Waals surface area contributed by atoms with Crippen molar-refractivity contribution in [1.82, 2.24) is 20.9 Å². The monoisotopic (exact) mass is 782 g/mol. The quantitative estimate of drug-likeness (QED) is 0.0514. The fraction of sp³-hybridized carbons (Fsp3) is 0.349. The number of hydrogen-bond acceptors (Lipinski definition) is 8. The molecule has 13 nitrogen and oxygen atoms in total. The van der Waals surface area contributed by atoms with Gasteiger partial charge < -0.3 is 42.2 Å². The molecule has 0 fully saturated rings. The number of rotatable bonds is 22. The van der Waals surface area contributed by atoms with Gasteiger partial charge in [-0.3, -0.25) is 24.0 Å². The molecule has 0 aliphatic rings. The van der Waals surface area contributed by atoms with Crippen molar-refractivity contribution in [2.24, 2.45) is 11.5 Å². The van der Waals surface area contributed by atoms with Crippen molar-refractivity contribution < 1.29 is 38.3 Å². The van der Waals surface area contributed by atoms with E-state index in [-0.39, 0.29) is 62.5 Å². The maximum atomic E-state index is 13.6. The van der Waals surface area contributed by atoms with Crippen molar-refractivity contribution >= 4 is 46.6 Å². The van der Waals surface area contributed by atoms with Gasteiger partial charge in [-0.1, -0.05) is 66.7 Å². The summed E-state index contributed by atoms with van der Waals surface area (Å²) in [4.78, 5) is 78.1. The van der Waals surface area contributed by atoms with Crippen LogP contribution in [0, 0.1) is 5.82 Å². The average Bonchev–Trinajstić information content (AvgIpc) is 3.20. The normalized spacial score (nSPS) is 13.1. The first-order chi connectivity index (χ1) is 27.3. The summed E-state index contributed by atoms with van der Waals surface area (Å²) in [5.41, 5.74) is 13.9. The highest BCUT2D eigenvalue weighted by molar-refractivity contribution is 5.92. The van der Waals surface area contributed by atoms with Crippen LogP contribution in [0.3, 0.4) is 0 Å². The van der Waals surface area contributed by atoms with Crippen LogP contribution in [0.2, 0.25) is 0 Å². The van der Waals surface area contributed by atoms with Crippen LogP contribution < -0.4 is 27.4 Å². The van der Waals surface area contributed by atoms with Gasteiger partial charge in [0.25, 0.3) is 0 Å². The average molecular weight is 783 g/mol. The number of carbonyl (C=O) groups excluding carboxylic acids is 6. The zero-order valence-corrected chi connectivity index (χ0v) is 32.0. The molecule has 0 aliphatic carbocycles. The van der Waals surface area contributed by atoms with E-state index in [9.17, 15) is 38.3 Å². The van der Waals surface area contributed by atoms with E-state index in [1.807, 2.05) is 42.5 Å². The van der Waals surface area contributed by atoms with Gasteiger partial charge in [-0.2, -0.15) is 0 Å². The molecule has 4 rings (SSSR count). The number of primary amides is 1. The number of nitrogens with zero attached hydrogens (tertiary/aromatic N) is 1. The summed E-state index contributed by atoms with van der Waals surface area (Å²) in [5, 5.41) is 19.9. The number of hydrogen-bond donors (Lipinski definition) is 6. The minimum Gasteiger partial charge on any atom is -0.508 e. The van der Waals surface area contributed by atoms with Crippen LogP contribution in [0.1, 0.15) is 55.2 Å². The third kappa shape index (κ3) is 13.8. The smallest absolute Gasteiger partial charge is 0.243 e. The van der Waals surface area contributed by atoms with Crippen LogP contribution in [-0.2, 0) is 48.0 Å². The van der Waals surface area contributed by atoms with E-state index in [0.29, 0.717) is 31.1 Å². The van der Waals surface area contributed by atoms with E-state index in [2.05, 4.69) is 16.0 Å². The number of unbranched alkanes of at least 4 members (excludes halogenated alkanes) is 1. The summed E-state index contributed by atoms with van der Waals surface area (Å²) in [5.74, 6) is -2.92. The predicted octanol–water partition coefficient (Wildman–Crippen LogP) is 2.98. The number of carbonyl (C=O) groups is 6. The summed E-state index contributed by atoms with van der Waals surface area (Å²) < 4.78 is 13.3. The molecule has 0 heterocycles. The summed E-state index contributed by atoms with van der Waals surface area (Å²) in [6, 6.07) is 21.6. The summed E-state index contributed by atoms with van der Waals surface area (Å²) in [6.45, 7) is 0.179. The SMILES string of the molecule is CN(C(=O)CCc1ccc(F)cc1)[C@@H](Cc1ccc(O)cc1)C(=O)N[C@@H](C=O)CCCCNC(=O)[C@H](CCC(N)=O)NC(=O)[C@@H](N)Cc1cccc2ccccc12. The topological polar surface area (TPSA) is 214 Å². The van der Waals surface area contributed by atoms with Gasteiger partial charge in [0.2, 0.25) is 29.5 Å². The van der Waals surface area contributed by atoms with Crippen LogP contribution >= 0.6 is 0 Å². The highest BCUT2D eigenvalue weighted by Gasteiger charge is 2.29. The van der Waals surface area contributed by atoms with Gasteiger partial charge in [0.1, 0.15) is 29.9 Å². The third-order valence-electron chi connectivity index (χ3n) is 9.77. The van der Waals surface area contributed by atoms with Crippen molar-refractivity contribution in [2.75, 3.05) is 13.6 Å². The Bertz CT molecular complexity index is 1990. The maximum Gasteiger partial charge on any atom is 0.243 e. The molecule has 57 heavy (non-hydrogen) atoms. The number of fused-ring (bicyclic) bond motifs is 1. The summed E-state index contributed by atoms with van der Waals surface area (Å²) in [7, 11) is 1.51. The van der Waals surface area contributed by atoms with Crippen molar-refractivity contribution in [3.63, 3.8) is 0 Å². The highest BCUT2D eigenvalue weighted by Crippen LogP contribution is 2.20. The number of phenolic OH excluding ortho intramolecular Hbond substituents is 1. The van der Waals surface area contributed by atoms with Gasteiger partial charge in [0.05, 0.1) is 12.1 Å². The van der Waals surface area contributed by atoms with Gasteiger partial charge >= 0.3 is 0 Å². The van der Waals surface area contributed by atoms with Gasteiger partial charge in [0.15, 0.2) is 0 Å². The van der Waals surface area contributed by atoms with Gasteiger partial charge in [0, 0.05) is 32.9 Å². The third-order valence-corrected chi connectivity index (χ3v) is 9.77. The standard InChI is InChI=1S/C43H51FN6O7/c1-50(40(54)23-16-28-12-17-32(44)18-13-28)38(25-29-14-19-34(52)20-15-29)43(57)48-33(27-51)10-4-5-24-47-42(56)37(21-22-39(46)53)49-41(55)36(45)26-31-9-6-8-30-7-2-3-11-35(30)31/h2-3,6-9,11-15,17-20,27,33,36-38,52H,4-5,10,16,21-26,45H2,1H3,(H2,46,53)(H,47,56)(H,48,57)(H,49,55)/t33-,36+,37+,38+/m1/s1. The highest BCUT2D eigenvalue weighted by atomic mass is 19.1. The second kappa shape index (κ2) is 21.8. The van der Waals surface area contributed by atoms with Crippen molar-refractivity contribution in [3.8, 4) is 5.75 Å². The lowest BCUT2D eigenvalue weighted by molar-refractivity contribution is -0.139. The molecule has 0 aromatic heterocycles. The molecule has 4 aromatic carbocycles. The molecule has 0 radical (unpaired) electrons. The van der Waals surface area contributed by atoms with E-state index in [1.54, 1.807) is 24.3 Å². The number of aldehydes is 1. The molecule has 0 spiro atoms. The van der Waals surface area contributed by atoms with Crippen LogP contribution in [-0.4, -0.2) is 83.6 Å². The Morgan fingerprint density at radius 2 is 1.47 bits per heavy atom. The summed E-state index contributed by atoms with van der Waals surface area (Å²) in [6.07, 6.45) is 2.28. The second-order valence-corrected chi connectivity index (χ2v) is 14.1. The molecule has 14 heteroatoms. The molecule has 0 saturated heterocycles. The first kappa shape index (κ1) is 43.6. The molecule has 0 aliphatic heterocycles. The van der Waals surface area contributed by atoms with Crippen LogP contribution in [0.5, 0.6) is 5.75 Å². The number of aryl methyl sites for hydroxylation is 1. The van der Waals surface area contributed by atoms with Gasteiger partial charge in [-0.05, 0) is 90.3 Å². The fourth-order valence-corrected chi connectivity index (χ4v) is 6.42. The number of phenols is 1. The lowest BCUT2D eigenvalue weighted by Gasteiger charge is -2.29. The molecule has 0 bridgehead atoms. The Labute approximate surface area is 331 Å². The zero-order valence-electron chi connectivity index (χ0n) is 32.0. The van der Waals surface area contributed by atoms with E-state index in [4.69, 9.17) is 11.5 Å². The van der Waals surface area contributed by atoms with Crippen molar-refractivity contribution in [1.29, 1.82) is 0 Å². The molecule has 302 valence electrons. The summed E-state index contributed by atoms with van der Waals surface area (Å²) >= 11 is 0. The Morgan fingerprint density at radius 1 is 0.789 bits per heavy atom. The van der Waals surface area contributed by atoms with E-state index >= 15 is 0 Å². The van der Waals surface area contributed by atoms with Gasteiger partial charge in [-0.15, -0.1) is 0 Å². The lowest BCUT2D eigenvalue weighted by atomic mass is 9.98. The molecule has 0 saturated carbocycles. The first-order valence-electron chi connectivity index (χ1n) is 19.0. The van der Waals surface area contributed by atoms with Crippen molar-refractivity contribution in [2.45, 2.75) is 82.0 Å². The molecule has 5 amide bonds. The fourth-order valence-electron chi connectivity index (χ4n) is 6.42. The molecule has 4 atom stereocenters. The minimum atomic E-state index is -1.06. The Balaban J connectivity index is 1.29. The lowest BCUT2D eigenvalue weighted by Crippen LogP contribution is -2.52. The second-order valence-electron chi connectivity index (χ2n) is 14.1. The Kier molecular flexibility index (Phi) is 16.7. The number of nitrogens with one attached hydrogen (secondary N) is 3. The minimum absolute atomic E-state index is 0.0262. The number of benzene rings is 4. The Morgan fingerprint density at radius 3 is 2.18 bits per heavy atom. The molecular formula is C43H51FN6O7. The number of aromatic hydroxyl groups is 1. The molecule has 4 aromatic rings. The molecule has 0 unspecified atom stereocenters. The maximum absolute atomic E-state index is 13.6. The van der Waals surface area contributed by atoms with E-state index in [1.165, 1.54) is 36.2 Å². The largest absolute Gasteiger partial charge is 0.508 e. The number of halogens is 1. The molecule has 8 N–H and O–H groups in total. The first-order valence-corrected chi connectivity index (χ1v) is 19.0. The molecular weight excluding hydrogens is 732 g/mol. The number of likely N-dealkylation sites (N-methyl/N-ethyl adjacent to an activating group) is 1. The van der Waals surface area contributed by atoms with Crippen LogP contribution in [0.25, 0.3) is 10.8 Å². The van der Waals surface area contributed by atoms with Gasteiger partial charge in [-0.25, -0.2) is 4.39 Å². The zero-order chi connectivity index (χ0) is 41.3. The van der Waals surface area contributed by atoms with E-state index in [0.717, 1.165) is 21.9 Å². The number of amides is 5. The van der Waals surface area contributed by atoms with Crippen LogP contribution in [0.4, 0.5) is 4.39 Å².